The van der Waals surface area contributed by atoms with Crippen LogP contribution in [0.5, 0.6) is 0 Å². The van der Waals surface area contributed by atoms with Crippen LogP contribution >= 0.6 is 0 Å². The maximum Gasteiger partial charge on any atom is 0.330 e. The van der Waals surface area contributed by atoms with E-state index in [0.29, 0.717) is 18.0 Å². The van der Waals surface area contributed by atoms with E-state index in [4.69, 9.17) is 0 Å². The van der Waals surface area contributed by atoms with Gasteiger partial charge in [0.2, 0.25) is 0 Å². The summed E-state index contributed by atoms with van der Waals surface area (Å²) < 4.78 is 0. The van der Waals surface area contributed by atoms with E-state index >= 15 is 0 Å². The van der Waals surface area contributed by atoms with E-state index in [1.807, 2.05) is 13.0 Å². The molecule has 0 aliphatic carbocycles. The lowest BCUT2D eigenvalue weighted by molar-refractivity contribution is -0.139. The first-order valence-electron chi connectivity index (χ1n) is 7.34. The van der Waals surface area contributed by atoms with E-state index in [1.54, 1.807) is 29.2 Å². The maximum atomic E-state index is 12.4. The van der Waals surface area contributed by atoms with Crippen LogP contribution in [-0.2, 0) is 4.79 Å². The molecule has 5 heteroatoms. The lowest BCUT2D eigenvalue weighted by Gasteiger charge is -2.37. The smallest absolute Gasteiger partial charge is 0.330 e. The molecule has 1 heterocycles. The van der Waals surface area contributed by atoms with Crippen molar-refractivity contribution in [3.8, 4) is 0 Å². The minimum atomic E-state index is -1.05. The fourth-order valence-corrected chi connectivity index (χ4v) is 2.71. The number of aliphatic carboxylic acids is 1. The summed E-state index contributed by atoms with van der Waals surface area (Å²) in [5.41, 5.74) is 0.580. The number of likely N-dealkylation sites (tertiary alicyclic amines) is 1. The Labute approximate surface area is 125 Å². The van der Waals surface area contributed by atoms with Crippen molar-refractivity contribution in [2.75, 3.05) is 6.54 Å². The summed E-state index contributed by atoms with van der Waals surface area (Å²) in [4.78, 5) is 25.6. The van der Waals surface area contributed by atoms with Gasteiger partial charge in [0.15, 0.2) is 6.04 Å². The van der Waals surface area contributed by atoms with Crippen LogP contribution in [0.15, 0.2) is 30.3 Å². The highest BCUT2D eigenvalue weighted by Crippen LogP contribution is 2.22. The average Bonchev–Trinajstić information content (AvgIpc) is 2.47. The second kappa shape index (κ2) is 6.61. The predicted molar refractivity (Wildman–Crippen MR) is 79.9 cm³/mol. The summed E-state index contributed by atoms with van der Waals surface area (Å²) in [5.74, 6) is -0.598. The van der Waals surface area contributed by atoms with Crippen LogP contribution in [-0.4, -0.2) is 34.6 Å². The third-order valence-electron chi connectivity index (χ3n) is 4.03. The third kappa shape index (κ3) is 3.74. The molecule has 0 bridgehead atoms. The molecule has 2 rings (SSSR count). The van der Waals surface area contributed by atoms with Gasteiger partial charge in [-0.25, -0.2) is 9.59 Å². The fourth-order valence-electron chi connectivity index (χ4n) is 2.71. The Kier molecular flexibility index (Phi) is 4.83. The fraction of sp³-hybridized carbons (Fsp3) is 0.500. The first kappa shape index (κ1) is 15.4. The molecular formula is C16H22N2O3. The largest absolute Gasteiger partial charge is 0.479 e. The van der Waals surface area contributed by atoms with Crippen molar-refractivity contribution in [1.29, 1.82) is 0 Å². The van der Waals surface area contributed by atoms with Crippen molar-refractivity contribution in [1.82, 2.24) is 10.2 Å². The Bertz CT molecular complexity index is 504. The van der Waals surface area contributed by atoms with Gasteiger partial charge in [-0.05, 0) is 31.2 Å². The number of hydrogen-bond donors (Lipinski definition) is 2. The number of nitrogens with one attached hydrogen (secondary N) is 1. The van der Waals surface area contributed by atoms with Gasteiger partial charge in [-0.1, -0.05) is 37.3 Å². The van der Waals surface area contributed by atoms with E-state index in [9.17, 15) is 14.7 Å². The van der Waals surface area contributed by atoms with Gasteiger partial charge in [0, 0.05) is 12.6 Å². The molecule has 0 spiro atoms. The van der Waals surface area contributed by atoms with Crippen LogP contribution in [0.3, 0.4) is 0 Å². The zero-order valence-electron chi connectivity index (χ0n) is 12.5. The maximum absolute atomic E-state index is 12.4. The SMILES string of the molecule is CC1CCC(C)N(C(=O)NC(C(=O)O)c2ccccc2)C1. The molecule has 1 aliphatic rings. The second-order valence-corrected chi connectivity index (χ2v) is 5.82. The standard InChI is InChI=1S/C16H22N2O3/c1-11-8-9-12(2)18(10-11)16(21)17-14(15(19)20)13-6-4-3-5-7-13/h3-7,11-12,14H,8-10H2,1-2H3,(H,17,21)(H,19,20). The van der Waals surface area contributed by atoms with Crippen LogP contribution in [0.2, 0.25) is 0 Å². The van der Waals surface area contributed by atoms with E-state index < -0.39 is 12.0 Å². The van der Waals surface area contributed by atoms with Crippen LogP contribution < -0.4 is 5.32 Å². The van der Waals surface area contributed by atoms with Crippen molar-refractivity contribution >= 4 is 12.0 Å². The molecule has 1 aromatic carbocycles. The van der Waals surface area contributed by atoms with Crippen LogP contribution in [0.25, 0.3) is 0 Å². The minimum Gasteiger partial charge on any atom is -0.479 e. The van der Waals surface area contributed by atoms with Gasteiger partial charge in [-0.3, -0.25) is 0 Å². The molecule has 5 nitrogen and oxygen atoms in total. The van der Waals surface area contributed by atoms with Gasteiger partial charge >= 0.3 is 12.0 Å². The minimum absolute atomic E-state index is 0.145. The van der Waals surface area contributed by atoms with E-state index in [0.717, 1.165) is 12.8 Å². The zero-order valence-corrected chi connectivity index (χ0v) is 12.5. The highest BCUT2D eigenvalue weighted by atomic mass is 16.4. The number of carbonyl (C=O) groups excluding carboxylic acids is 1. The molecule has 1 aliphatic heterocycles. The number of hydrogen-bond acceptors (Lipinski definition) is 2. The van der Waals surface area contributed by atoms with E-state index in [2.05, 4.69) is 12.2 Å². The lowest BCUT2D eigenvalue weighted by atomic mass is 9.95. The molecule has 1 saturated heterocycles. The van der Waals surface area contributed by atoms with Gasteiger partial charge in [-0.2, -0.15) is 0 Å². The highest BCUT2D eigenvalue weighted by Gasteiger charge is 2.30. The molecule has 2 N–H and O–H groups in total. The highest BCUT2D eigenvalue weighted by molar-refractivity contribution is 5.83. The summed E-state index contributed by atoms with van der Waals surface area (Å²) in [6.45, 7) is 4.79. The molecule has 114 valence electrons. The van der Waals surface area contributed by atoms with Crippen molar-refractivity contribution in [3.05, 3.63) is 35.9 Å². The number of piperidine rings is 1. The van der Waals surface area contributed by atoms with Crippen LogP contribution in [0.4, 0.5) is 4.79 Å². The van der Waals surface area contributed by atoms with Gasteiger partial charge in [0.1, 0.15) is 0 Å². The van der Waals surface area contributed by atoms with Crippen LogP contribution in [0.1, 0.15) is 38.3 Å². The Morgan fingerprint density at radius 3 is 2.52 bits per heavy atom. The van der Waals surface area contributed by atoms with E-state index in [-0.39, 0.29) is 12.1 Å². The molecule has 3 unspecified atom stereocenters. The predicted octanol–water partition coefficient (Wildman–Crippen LogP) is 2.64. The summed E-state index contributed by atoms with van der Waals surface area (Å²) in [7, 11) is 0. The molecule has 1 fully saturated rings. The normalized spacial score (nSPS) is 23.4. The average molecular weight is 290 g/mol. The number of carboxylic acid groups (broad SMARTS) is 1. The molecule has 2 amide bonds. The summed E-state index contributed by atoms with van der Waals surface area (Å²) >= 11 is 0. The van der Waals surface area contributed by atoms with Gasteiger partial charge in [-0.15, -0.1) is 0 Å². The van der Waals surface area contributed by atoms with E-state index in [1.165, 1.54) is 0 Å². The zero-order chi connectivity index (χ0) is 15.4. The van der Waals surface area contributed by atoms with Crippen molar-refractivity contribution in [3.63, 3.8) is 0 Å². The number of amides is 2. The first-order chi connectivity index (χ1) is 9.99. The number of benzene rings is 1. The number of carbonyl (C=O) groups is 2. The van der Waals surface area contributed by atoms with Crippen molar-refractivity contribution < 1.29 is 14.7 Å². The summed E-state index contributed by atoms with van der Waals surface area (Å²) in [5, 5.41) is 12.0. The summed E-state index contributed by atoms with van der Waals surface area (Å²) in [6.07, 6.45) is 2.06. The lowest BCUT2D eigenvalue weighted by Crippen LogP contribution is -2.51. The third-order valence-corrected chi connectivity index (χ3v) is 4.03. The molecule has 0 radical (unpaired) electrons. The first-order valence-corrected chi connectivity index (χ1v) is 7.34. The number of nitrogens with zero attached hydrogens (tertiary/aromatic N) is 1. The molecule has 1 aromatic rings. The van der Waals surface area contributed by atoms with Gasteiger partial charge < -0.3 is 15.3 Å². The van der Waals surface area contributed by atoms with Crippen molar-refractivity contribution in [2.24, 2.45) is 5.92 Å². The molecular weight excluding hydrogens is 268 g/mol. The monoisotopic (exact) mass is 290 g/mol. The van der Waals surface area contributed by atoms with Gasteiger partial charge in [0.25, 0.3) is 0 Å². The molecule has 3 atom stereocenters. The quantitative estimate of drug-likeness (QED) is 0.899. The molecule has 0 saturated carbocycles. The number of urea groups is 1. The molecule has 21 heavy (non-hydrogen) atoms. The molecule has 0 aromatic heterocycles. The second-order valence-electron chi connectivity index (χ2n) is 5.82. The topological polar surface area (TPSA) is 69.6 Å². The summed E-state index contributed by atoms with van der Waals surface area (Å²) in [6, 6.07) is 7.60. The Morgan fingerprint density at radius 1 is 1.24 bits per heavy atom. The Balaban J connectivity index is 2.10. The Hall–Kier alpha value is -2.04. The van der Waals surface area contributed by atoms with Crippen molar-refractivity contribution in [2.45, 2.75) is 38.8 Å². The number of rotatable bonds is 3. The number of carboxylic acids is 1. The Morgan fingerprint density at radius 2 is 1.90 bits per heavy atom. The van der Waals surface area contributed by atoms with Gasteiger partial charge in [0.05, 0.1) is 0 Å². The van der Waals surface area contributed by atoms with Crippen LogP contribution in [0, 0.1) is 5.92 Å².